The van der Waals surface area contributed by atoms with Crippen LogP contribution >= 0.6 is 0 Å². The van der Waals surface area contributed by atoms with Gasteiger partial charge in [0.25, 0.3) is 0 Å². The van der Waals surface area contributed by atoms with Gasteiger partial charge in [-0.15, -0.1) is 5.10 Å². The number of nitrogens with zero attached hydrogens (tertiary/aromatic N) is 5. The van der Waals surface area contributed by atoms with Crippen LogP contribution in [-0.4, -0.2) is 44.8 Å². The van der Waals surface area contributed by atoms with Crippen molar-refractivity contribution in [3.05, 3.63) is 40.7 Å². The number of aryl methyl sites for hydroxylation is 3. The summed E-state index contributed by atoms with van der Waals surface area (Å²) in [5.41, 5.74) is 3.87. The Kier molecular flexibility index (Phi) is 5.03. The van der Waals surface area contributed by atoms with Crippen LogP contribution in [-0.2, 0) is 17.8 Å². The van der Waals surface area contributed by atoms with Gasteiger partial charge in [-0.2, -0.15) is 0 Å². The molecule has 0 spiro atoms. The van der Waals surface area contributed by atoms with Gasteiger partial charge in [0.15, 0.2) is 5.82 Å². The molecule has 0 amide bonds. The topological polar surface area (TPSA) is 56.1 Å². The van der Waals surface area contributed by atoms with Crippen LogP contribution in [0.1, 0.15) is 42.0 Å². The maximum Gasteiger partial charge on any atom is 0.165 e. The van der Waals surface area contributed by atoms with E-state index in [0.717, 1.165) is 45.0 Å². The van der Waals surface area contributed by atoms with E-state index >= 15 is 0 Å². The molecule has 1 saturated heterocycles. The van der Waals surface area contributed by atoms with Crippen LogP contribution in [0.3, 0.4) is 0 Å². The third-order valence-electron chi connectivity index (χ3n) is 4.33. The van der Waals surface area contributed by atoms with Gasteiger partial charge in [0, 0.05) is 19.6 Å². The zero-order valence-electron chi connectivity index (χ0n) is 14.2. The Morgan fingerprint density at radius 3 is 2.96 bits per heavy atom. The highest BCUT2D eigenvalue weighted by Crippen LogP contribution is 2.26. The first-order chi connectivity index (χ1) is 11.2. The summed E-state index contributed by atoms with van der Waals surface area (Å²) >= 11 is 0. The van der Waals surface area contributed by atoms with Crippen LogP contribution in [0, 0.1) is 13.8 Å². The van der Waals surface area contributed by atoms with Crippen molar-refractivity contribution in [1.29, 1.82) is 0 Å². The Bertz CT molecular complexity index is 654. The molecule has 1 fully saturated rings. The predicted molar refractivity (Wildman–Crippen MR) is 88.0 cm³/mol. The molecule has 1 aromatic carbocycles. The highest BCUT2D eigenvalue weighted by molar-refractivity contribution is 5.32. The molecule has 0 aliphatic carbocycles. The smallest absolute Gasteiger partial charge is 0.165 e. The van der Waals surface area contributed by atoms with E-state index < -0.39 is 0 Å². The summed E-state index contributed by atoms with van der Waals surface area (Å²) in [7, 11) is 0. The van der Waals surface area contributed by atoms with Crippen molar-refractivity contribution in [3.8, 4) is 0 Å². The average molecular weight is 315 g/mol. The Morgan fingerprint density at radius 2 is 2.17 bits per heavy atom. The van der Waals surface area contributed by atoms with E-state index in [1.165, 1.54) is 16.7 Å². The van der Waals surface area contributed by atoms with Gasteiger partial charge in [-0.25, -0.2) is 4.68 Å². The second-order valence-electron chi connectivity index (χ2n) is 6.27. The first-order valence-corrected chi connectivity index (χ1v) is 8.33. The van der Waals surface area contributed by atoms with Crippen LogP contribution in [0.5, 0.6) is 0 Å². The largest absolute Gasteiger partial charge is 0.371 e. The summed E-state index contributed by atoms with van der Waals surface area (Å²) in [6, 6.07) is 6.58. The lowest BCUT2D eigenvalue weighted by molar-refractivity contribution is -0.0343. The number of rotatable bonds is 5. The SMILES string of the molecule is CCCn1nnnc1CN1CCOC(c2ccc(C)cc2C)C1. The summed E-state index contributed by atoms with van der Waals surface area (Å²) < 4.78 is 7.92. The minimum atomic E-state index is 0.125. The van der Waals surface area contributed by atoms with Crippen molar-refractivity contribution >= 4 is 0 Å². The van der Waals surface area contributed by atoms with Crippen LogP contribution < -0.4 is 0 Å². The fourth-order valence-electron chi connectivity index (χ4n) is 3.14. The number of morpholine rings is 1. The van der Waals surface area contributed by atoms with E-state index in [9.17, 15) is 0 Å². The zero-order valence-corrected chi connectivity index (χ0v) is 14.2. The fourth-order valence-corrected chi connectivity index (χ4v) is 3.14. The number of hydrogen-bond donors (Lipinski definition) is 0. The highest BCUT2D eigenvalue weighted by Gasteiger charge is 2.24. The summed E-state index contributed by atoms with van der Waals surface area (Å²) in [6.45, 7) is 10.6. The van der Waals surface area contributed by atoms with E-state index in [-0.39, 0.29) is 6.10 Å². The molecule has 1 aliphatic heterocycles. The van der Waals surface area contributed by atoms with Crippen molar-refractivity contribution in [2.45, 2.75) is 46.4 Å². The molecule has 23 heavy (non-hydrogen) atoms. The minimum absolute atomic E-state index is 0.125. The Balaban J connectivity index is 1.69. The lowest BCUT2D eigenvalue weighted by Gasteiger charge is -2.33. The monoisotopic (exact) mass is 315 g/mol. The molecular weight excluding hydrogens is 290 g/mol. The van der Waals surface area contributed by atoms with Crippen LogP contribution in [0.25, 0.3) is 0 Å². The molecule has 1 unspecified atom stereocenters. The van der Waals surface area contributed by atoms with Crippen LogP contribution in [0.2, 0.25) is 0 Å². The Morgan fingerprint density at radius 1 is 1.30 bits per heavy atom. The number of tetrazole rings is 1. The third-order valence-corrected chi connectivity index (χ3v) is 4.33. The van der Waals surface area contributed by atoms with Gasteiger partial charge >= 0.3 is 0 Å². The summed E-state index contributed by atoms with van der Waals surface area (Å²) in [4.78, 5) is 2.38. The summed E-state index contributed by atoms with van der Waals surface area (Å²) in [6.07, 6.45) is 1.16. The second kappa shape index (κ2) is 7.19. The van der Waals surface area contributed by atoms with E-state index in [1.807, 2.05) is 4.68 Å². The maximum atomic E-state index is 6.01. The first-order valence-electron chi connectivity index (χ1n) is 8.33. The van der Waals surface area contributed by atoms with Gasteiger partial charge in [-0.1, -0.05) is 30.7 Å². The normalized spacial score (nSPS) is 19.2. The molecule has 2 heterocycles. The quantitative estimate of drug-likeness (QED) is 0.847. The fraction of sp³-hybridized carbons (Fsp3) is 0.588. The molecule has 1 aromatic heterocycles. The molecule has 1 atom stereocenters. The Labute approximate surface area is 137 Å². The average Bonchev–Trinajstić information content (AvgIpc) is 2.95. The molecule has 6 heteroatoms. The van der Waals surface area contributed by atoms with E-state index in [4.69, 9.17) is 4.74 Å². The zero-order chi connectivity index (χ0) is 16.2. The van der Waals surface area contributed by atoms with Gasteiger partial charge in [0.1, 0.15) is 0 Å². The molecule has 6 nitrogen and oxygen atoms in total. The van der Waals surface area contributed by atoms with Gasteiger partial charge in [-0.05, 0) is 41.8 Å². The summed E-state index contributed by atoms with van der Waals surface area (Å²) in [5, 5.41) is 12.1. The van der Waals surface area contributed by atoms with E-state index in [1.54, 1.807) is 0 Å². The van der Waals surface area contributed by atoms with E-state index in [0.29, 0.717) is 0 Å². The minimum Gasteiger partial charge on any atom is -0.371 e. The molecule has 0 radical (unpaired) electrons. The maximum absolute atomic E-state index is 6.01. The van der Waals surface area contributed by atoms with Gasteiger partial charge < -0.3 is 4.74 Å². The molecular formula is C17H25N5O. The molecule has 124 valence electrons. The van der Waals surface area contributed by atoms with Crippen molar-refractivity contribution in [1.82, 2.24) is 25.1 Å². The van der Waals surface area contributed by atoms with Gasteiger partial charge in [0.05, 0.1) is 19.3 Å². The number of aromatic nitrogens is 4. The predicted octanol–water partition coefficient (Wildman–Crippen LogP) is 2.27. The van der Waals surface area contributed by atoms with Gasteiger partial charge in [-0.3, -0.25) is 4.90 Å². The van der Waals surface area contributed by atoms with Crippen molar-refractivity contribution < 1.29 is 4.74 Å². The Hall–Kier alpha value is -1.79. The van der Waals surface area contributed by atoms with Crippen molar-refractivity contribution in [2.24, 2.45) is 0 Å². The third kappa shape index (κ3) is 3.76. The molecule has 2 aromatic rings. The first kappa shape index (κ1) is 16.1. The van der Waals surface area contributed by atoms with Crippen LogP contribution in [0.15, 0.2) is 18.2 Å². The number of ether oxygens (including phenoxy) is 1. The molecule has 1 aliphatic rings. The standard InChI is InChI=1S/C17H25N5O/c1-4-7-22-17(18-19-20-22)12-21-8-9-23-16(11-21)15-6-5-13(2)10-14(15)3/h5-6,10,16H,4,7-9,11-12H2,1-3H3. The lowest BCUT2D eigenvalue weighted by atomic mass is 10.00. The van der Waals surface area contributed by atoms with Crippen LogP contribution in [0.4, 0.5) is 0 Å². The number of benzene rings is 1. The van der Waals surface area contributed by atoms with Gasteiger partial charge in [0.2, 0.25) is 0 Å². The molecule has 3 rings (SSSR count). The van der Waals surface area contributed by atoms with E-state index in [2.05, 4.69) is 59.4 Å². The molecule has 0 saturated carbocycles. The second-order valence-corrected chi connectivity index (χ2v) is 6.27. The molecule has 0 N–H and O–H groups in total. The van der Waals surface area contributed by atoms with Crippen molar-refractivity contribution in [3.63, 3.8) is 0 Å². The summed E-state index contributed by atoms with van der Waals surface area (Å²) in [5.74, 6) is 0.938. The lowest BCUT2D eigenvalue weighted by Crippen LogP contribution is -2.38. The van der Waals surface area contributed by atoms with Crippen molar-refractivity contribution in [2.75, 3.05) is 19.7 Å². The highest BCUT2D eigenvalue weighted by atomic mass is 16.5. The molecule has 0 bridgehead atoms. The number of hydrogen-bond acceptors (Lipinski definition) is 5.